The van der Waals surface area contributed by atoms with Crippen LogP contribution < -0.4 is 5.73 Å². The average molecular weight is 286 g/mol. The summed E-state index contributed by atoms with van der Waals surface area (Å²) in [6, 6.07) is 6.10. The van der Waals surface area contributed by atoms with E-state index in [1.165, 1.54) is 13.1 Å². The van der Waals surface area contributed by atoms with E-state index in [1.807, 2.05) is 18.2 Å². The van der Waals surface area contributed by atoms with E-state index in [0.29, 0.717) is 16.1 Å². The van der Waals surface area contributed by atoms with Crippen LogP contribution in [0.15, 0.2) is 18.2 Å². The van der Waals surface area contributed by atoms with Crippen LogP contribution in [0.5, 0.6) is 0 Å². The minimum Gasteiger partial charge on any atom is -0.323 e. The van der Waals surface area contributed by atoms with E-state index in [9.17, 15) is 0 Å². The molecule has 3 nitrogen and oxygen atoms in total. The fourth-order valence-corrected chi connectivity index (χ4v) is 3.25. The lowest BCUT2D eigenvalue weighted by molar-refractivity contribution is 0.00215. The quantitative estimate of drug-likeness (QED) is 0.902. The third-order valence-electron chi connectivity index (χ3n) is 4.06. The van der Waals surface area contributed by atoms with E-state index in [-0.39, 0.29) is 6.04 Å². The van der Waals surface area contributed by atoms with Gasteiger partial charge in [-0.2, -0.15) is 0 Å². The minimum absolute atomic E-state index is 0.00265. The topological polar surface area (TPSA) is 32.5 Å². The molecule has 2 bridgehead atoms. The van der Waals surface area contributed by atoms with Crippen LogP contribution in [-0.4, -0.2) is 48.6 Å². The third kappa shape index (κ3) is 2.26. The molecule has 3 saturated heterocycles. The molecule has 4 rings (SSSR count). The predicted molar refractivity (Wildman–Crippen MR) is 75.2 cm³/mol. The molecule has 18 heavy (non-hydrogen) atoms. The summed E-state index contributed by atoms with van der Waals surface area (Å²) in [6.07, 6.45) is 0. The number of hydrogen-bond donors (Lipinski definition) is 1. The normalized spacial score (nSPS) is 32.5. The summed E-state index contributed by atoms with van der Waals surface area (Å²) in [4.78, 5) is 4.98. The molecule has 2 atom stereocenters. The van der Waals surface area contributed by atoms with E-state index in [0.717, 1.165) is 25.2 Å². The lowest BCUT2D eigenvalue weighted by Gasteiger charge is -2.49. The lowest BCUT2D eigenvalue weighted by atomic mass is 9.95. The first-order valence-corrected chi connectivity index (χ1v) is 7.07. The molecule has 0 radical (unpaired) electrons. The molecule has 98 valence electrons. The van der Waals surface area contributed by atoms with Gasteiger partial charge in [0.1, 0.15) is 0 Å². The van der Waals surface area contributed by atoms with Gasteiger partial charge < -0.3 is 5.73 Å². The first-order chi connectivity index (χ1) is 8.65. The first kappa shape index (κ1) is 12.7. The third-order valence-corrected chi connectivity index (χ3v) is 4.80. The summed E-state index contributed by atoms with van der Waals surface area (Å²) in [5.74, 6) is 0. The van der Waals surface area contributed by atoms with Crippen LogP contribution in [0.3, 0.4) is 0 Å². The summed E-state index contributed by atoms with van der Waals surface area (Å²) >= 11 is 12.0. The zero-order chi connectivity index (χ0) is 12.7. The zero-order valence-electron chi connectivity index (χ0n) is 10.1. The van der Waals surface area contributed by atoms with Crippen molar-refractivity contribution < 1.29 is 0 Å². The van der Waals surface area contributed by atoms with E-state index in [2.05, 4.69) is 9.80 Å². The number of nitrogens with two attached hydrogens (primary N) is 1. The molecular weight excluding hydrogens is 269 g/mol. The van der Waals surface area contributed by atoms with Crippen LogP contribution in [-0.2, 0) is 0 Å². The molecular formula is C13H17Cl2N3. The Hall–Kier alpha value is -0.320. The van der Waals surface area contributed by atoms with Crippen molar-refractivity contribution in [2.75, 3.05) is 32.7 Å². The van der Waals surface area contributed by atoms with Crippen molar-refractivity contribution in [3.63, 3.8) is 0 Å². The Balaban J connectivity index is 1.81. The number of halogens is 2. The number of piperazine rings is 3. The van der Waals surface area contributed by atoms with Gasteiger partial charge in [-0.25, -0.2) is 0 Å². The second kappa shape index (κ2) is 4.99. The van der Waals surface area contributed by atoms with Gasteiger partial charge in [-0.3, -0.25) is 9.80 Å². The van der Waals surface area contributed by atoms with Crippen LogP contribution in [0.25, 0.3) is 0 Å². The second-order valence-corrected chi connectivity index (χ2v) is 5.92. The summed E-state index contributed by atoms with van der Waals surface area (Å²) in [6.45, 7) is 5.65. The Kier molecular flexibility index (Phi) is 3.52. The molecule has 0 saturated carbocycles. The van der Waals surface area contributed by atoms with E-state index < -0.39 is 0 Å². The highest BCUT2D eigenvalue weighted by Gasteiger charge is 2.35. The molecule has 2 N–H and O–H groups in total. The molecule has 5 heteroatoms. The number of rotatable bonds is 2. The molecule has 3 aliphatic heterocycles. The van der Waals surface area contributed by atoms with Crippen LogP contribution >= 0.6 is 23.2 Å². The van der Waals surface area contributed by atoms with Gasteiger partial charge in [-0.05, 0) is 17.7 Å². The summed E-state index contributed by atoms with van der Waals surface area (Å²) < 4.78 is 0. The molecule has 3 fully saturated rings. The fraction of sp³-hybridized carbons (Fsp3) is 0.538. The SMILES string of the molecule is NC(c1ccc(Cl)c(Cl)c1)C1CN2CCN1CC2. The molecule has 1 aromatic rings. The Morgan fingerprint density at radius 2 is 1.83 bits per heavy atom. The van der Waals surface area contributed by atoms with Crippen LogP contribution in [0.1, 0.15) is 11.6 Å². The van der Waals surface area contributed by atoms with Gasteiger partial charge in [0.25, 0.3) is 0 Å². The molecule has 3 aliphatic rings. The van der Waals surface area contributed by atoms with Crippen molar-refractivity contribution in [1.82, 2.24) is 9.80 Å². The second-order valence-electron chi connectivity index (χ2n) is 5.10. The molecule has 2 unspecified atom stereocenters. The Labute approximate surface area is 117 Å². The van der Waals surface area contributed by atoms with Crippen molar-refractivity contribution >= 4 is 23.2 Å². The van der Waals surface area contributed by atoms with Gasteiger partial charge in [-0.1, -0.05) is 29.3 Å². The predicted octanol–water partition coefficient (Wildman–Crippen LogP) is 1.99. The van der Waals surface area contributed by atoms with Crippen molar-refractivity contribution in [2.24, 2.45) is 5.73 Å². The Morgan fingerprint density at radius 3 is 2.39 bits per heavy atom. The van der Waals surface area contributed by atoms with Crippen molar-refractivity contribution in [1.29, 1.82) is 0 Å². The van der Waals surface area contributed by atoms with Gasteiger partial charge >= 0.3 is 0 Å². The summed E-state index contributed by atoms with van der Waals surface area (Å²) in [5, 5.41) is 1.17. The first-order valence-electron chi connectivity index (χ1n) is 6.32. The van der Waals surface area contributed by atoms with Crippen molar-refractivity contribution in [3.05, 3.63) is 33.8 Å². The van der Waals surface area contributed by atoms with Crippen LogP contribution in [0, 0.1) is 0 Å². The lowest BCUT2D eigenvalue weighted by Crippen LogP contribution is -2.63. The van der Waals surface area contributed by atoms with Gasteiger partial charge in [-0.15, -0.1) is 0 Å². The Morgan fingerprint density at radius 1 is 1.11 bits per heavy atom. The number of fused-ring (bicyclic) bond motifs is 3. The highest BCUT2D eigenvalue weighted by atomic mass is 35.5. The van der Waals surface area contributed by atoms with E-state index >= 15 is 0 Å². The molecule has 0 amide bonds. The monoisotopic (exact) mass is 285 g/mol. The van der Waals surface area contributed by atoms with Gasteiger partial charge in [0.2, 0.25) is 0 Å². The minimum atomic E-state index is 0.00265. The molecule has 0 aromatic heterocycles. The van der Waals surface area contributed by atoms with E-state index in [1.54, 1.807) is 0 Å². The van der Waals surface area contributed by atoms with Gasteiger partial charge in [0.15, 0.2) is 0 Å². The number of hydrogen-bond acceptors (Lipinski definition) is 3. The van der Waals surface area contributed by atoms with Gasteiger partial charge in [0.05, 0.1) is 10.0 Å². The zero-order valence-corrected chi connectivity index (χ0v) is 11.7. The maximum Gasteiger partial charge on any atom is 0.0595 e. The summed E-state index contributed by atoms with van der Waals surface area (Å²) in [7, 11) is 0. The van der Waals surface area contributed by atoms with Crippen molar-refractivity contribution in [2.45, 2.75) is 12.1 Å². The molecule has 0 aliphatic carbocycles. The molecule has 0 spiro atoms. The van der Waals surface area contributed by atoms with Crippen LogP contribution in [0.4, 0.5) is 0 Å². The maximum atomic E-state index is 6.41. The maximum absolute atomic E-state index is 6.41. The van der Waals surface area contributed by atoms with E-state index in [4.69, 9.17) is 28.9 Å². The summed E-state index contributed by atoms with van der Waals surface area (Å²) in [5.41, 5.74) is 7.48. The number of nitrogens with zero attached hydrogens (tertiary/aromatic N) is 2. The molecule has 1 aromatic carbocycles. The average Bonchev–Trinajstić information content (AvgIpc) is 2.42. The standard InChI is InChI=1S/C13H17Cl2N3/c14-10-2-1-9(7-11(10)15)13(16)12-8-17-3-5-18(12)6-4-17/h1-2,7,12-13H,3-6,8,16H2. The van der Waals surface area contributed by atoms with Gasteiger partial charge in [0, 0.05) is 44.8 Å². The largest absolute Gasteiger partial charge is 0.323 e. The van der Waals surface area contributed by atoms with Crippen molar-refractivity contribution in [3.8, 4) is 0 Å². The molecule has 3 heterocycles. The fourth-order valence-electron chi connectivity index (χ4n) is 2.94. The highest BCUT2D eigenvalue weighted by molar-refractivity contribution is 6.42. The number of benzene rings is 1. The highest BCUT2D eigenvalue weighted by Crippen LogP contribution is 2.29. The Bertz CT molecular complexity index is 444. The smallest absolute Gasteiger partial charge is 0.0595 e. The van der Waals surface area contributed by atoms with Crippen LogP contribution in [0.2, 0.25) is 10.0 Å².